The number of aromatic nitrogens is 3. The van der Waals surface area contributed by atoms with E-state index in [1.807, 2.05) is 0 Å². The third-order valence-electron chi connectivity index (χ3n) is 1.80. The number of anilines is 2. The van der Waals surface area contributed by atoms with Crippen LogP contribution in [0.3, 0.4) is 0 Å². The fourth-order valence-electron chi connectivity index (χ4n) is 1.07. The number of nitrogen functional groups attached to an aromatic ring is 1. The number of hydrogen-bond donors (Lipinski definition) is 2. The van der Waals surface area contributed by atoms with E-state index in [1.165, 1.54) is 18.6 Å². The molecule has 0 aliphatic heterocycles. The summed E-state index contributed by atoms with van der Waals surface area (Å²) in [6.07, 6.45) is 4.46. The maximum Gasteiger partial charge on any atom is 0.294 e. The van der Waals surface area contributed by atoms with Crippen molar-refractivity contribution in [2.75, 3.05) is 11.1 Å². The Balaban J connectivity index is 2.11. The van der Waals surface area contributed by atoms with Crippen LogP contribution >= 0.6 is 0 Å². The quantitative estimate of drug-likeness (QED) is 0.769. The van der Waals surface area contributed by atoms with Crippen molar-refractivity contribution in [2.45, 2.75) is 0 Å². The van der Waals surface area contributed by atoms with Gasteiger partial charge in [0.25, 0.3) is 5.91 Å². The molecule has 2 heterocycles. The van der Waals surface area contributed by atoms with Gasteiger partial charge in [-0.15, -0.1) is 0 Å². The Morgan fingerprint density at radius 2 is 1.94 bits per heavy atom. The summed E-state index contributed by atoms with van der Waals surface area (Å²) < 4.78 is 0. The first kappa shape index (κ1) is 10.0. The van der Waals surface area contributed by atoms with E-state index in [0.29, 0.717) is 11.5 Å². The second-order valence-corrected chi connectivity index (χ2v) is 3.00. The van der Waals surface area contributed by atoms with E-state index in [-0.39, 0.29) is 5.82 Å². The third kappa shape index (κ3) is 2.30. The highest BCUT2D eigenvalue weighted by molar-refractivity contribution is 6.00. The summed E-state index contributed by atoms with van der Waals surface area (Å²) >= 11 is 0. The first-order chi connectivity index (χ1) is 7.75. The van der Waals surface area contributed by atoms with Crippen LogP contribution in [0.5, 0.6) is 0 Å². The number of amides is 1. The minimum absolute atomic E-state index is 0.0983. The van der Waals surface area contributed by atoms with Gasteiger partial charge in [-0.25, -0.2) is 15.0 Å². The molecule has 1 amide bonds. The molecule has 0 aliphatic carbocycles. The monoisotopic (exact) mass is 215 g/mol. The van der Waals surface area contributed by atoms with E-state index in [2.05, 4.69) is 20.3 Å². The molecule has 0 spiro atoms. The lowest BCUT2D eigenvalue weighted by Crippen LogP contribution is -2.15. The summed E-state index contributed by atoms with van der Waals surface area (Å²) in [4.78, 5) is 23.2. The van der Waals surface area contributed by atoms with Crippen LogP contribution in [0.2, 0.25) is 0 Å². The molecular formula is C10H9N5O. The summed E-state index contributed by atoms with van der Waals surface area (Å²) in [6.45, 7) is 0. The molecule has 6 heteroatoms. The molecule has 0 saturated carbocycles. The van der Waals surface area contributed by atoms with Crippen LogP contribution in [0.25, 0.3) is 0 Å². The second-order valence-electron chi connectivity index (χ2n) is 3.00. The average molecular weight is 215 g/mol. The van der Waals surface area contributed by atoms with Gasteiger partial charge in [-0.3, -0.25) is 4.79 Å². The molecule has 0 fully saturated rings. The number of nitrogens with two attached hydrogens (primary N) is 1. The van der Waals surface area contributed by atoms with Crippen molar-refractivity contribution in [3.8, 4) is 0 Å². The molecule has 2 aromatic heterocycles. The van der Waals surface area contributed by atoms with E-state index in [1.54, 1.807) is 18.2 Å². The number of rotatable bonds is 2. The minimum Gasteiger partial charge on any atom is -0.397 e. The van der Waals surface area contributed by atoms with E-state index in [4.69, 9.17) is 5.73 Å². The van der Waals surface area contributed by atoms with Gasteiger partial charge in [-0.1, -0.05) is 0 Å². The number of carbonyl (C=O) groups excluding carboxylic acids is 1. The topological polar surface area (TPSA) is 93.8 Å². The average Bonchev–Trinajstić information content (AvgIpc) is 2.33. The maximum absolute atomic E-state index is 11.6. The zero-order chi connectivity index (χ0) is 11.4. The number of nitrogens with one attached hydrogen (secondary N) is 1. The molecule has 2 aromatic rings. The highest BCUT2D eigenvalue weighted by Gasteiger charge is 2.08. The van der Waals surface area contributed by atoms with Crippen molar-refractivity contribution in [2.24, 2.45) is 0 Å². The molecule has 0 saturated heterocycles. The van der Waals surface area contributed by atoms with Crippen molar-refractivity contribution in [1.82, 2.24) is 15.0 Å². The smallest absolute Gasteiger partial charge is 0.294 e. The van der Waals surface area contributed by atoms with E-state index in [0.717, 1.165) is 0 Å². The van der Waals surface area contributed by atoms with Gasteiger partial charge in [0.2, 0.25) is 5.82 Å². The molecule has 6 nitrogen and oxygen atoms in total. The first-order valence-electron chi connectivity index (χ1n) is 4.55. The van der Waals surface area contributed by atoms with Crippen LogP contribution in [-0.4, -0.2) is 20.9 Å². The Bertz CT molecular complexity index is 482. The van der Waals surface area contributed by atoms with Crippen LogP contribution in [-0.2, 0) is 0 Å². The predicted octanol–water partition coefficient (Wildman–Crippen LogP) is 0.706. The number of hydrogen-bond acceptors (Lipinski definition) is 5. The Morgan fingerprint density at radius 1 is 1.19 bits per heavy atom. The SMILES string of the molecule is Nc1ccc(NC(=O)c2ncccn2)nc1. The lowest BCUT2D eigenvalue weighted by atomic mass is 10.4. The van der Waals surface area contributed by atoms with Gasteiger partial charge >= 0.3 is 0 Å². The van der Waals surface area contributed by atoms with E-state index in [9.17, 15) is 4.79 Å². The number of carbonyl (C=O) groups is 1. The summed E-state index contributed by atoms with van der Waals surface area (Å²) in [5.74, 6) is 0.102. The van der Waals surface area contributed by atoms with Gasteiger partial charge in [0.15, 0.2) is 0 Å². The van der Waals surface area contributed by atoms with E-state index >= 15 is 0 Å². The van der Waals surface area contributed by atoms with Crippen molar-refractivity contribution in [3.63, 3.8) is 0 Å². The summed E-state index contributed by atoms with van der Waals surface area (Å²) in [5, 5.41) is 2.55. The van der Waals surface area contributed by atoms with E-state index < -0.39 is 5.91 Å². The Kier molecular flexibility index (Phi) is 2.73. The van der Waals surface area contributed by atoms with Crippen molar-refractivity contribution >= 4 is 17.4 Å². The minimum atomic E-state index is -0.405. The summed E-state index contributed by atoms with van der Waals surface area (Å²) in [5.41, 5.74) is 6.00. The molecule has 0 atom stereocenters. The standard InChI is InChI=1S/C10H9N5O/c11-7-2-3-8(14-6-7)15-10(16)9-12-4-1-5-13-9/h1-6H,11H2,(H,14,15,16). The van der Waals surface area contributed by atoms with Crippen molar-refractivity contribution in [3.05, 3.63) is 42.6 Å². The van der Waals surface area contributed by atoms with Crippen LogP contribution in [0.15, 0.2) is 36.8 Å². The zero-order valence-electron chi connectivity index (χ0n) is 8.29. The highest BCUT2D eigenvalue weighted by atomic mass is 16.2. The van der Waals surface area contributed by atoms with Gasteiger partial charge in [0, 0.05) is 12.4 Å². The van der Waals surface area contributed by atoms with Gasteiger partial charge in [-0.2, -0.15) is 0 Å². The largest absolute Gasteiger partial charge is 0.397 e. The van der Waals surface area contributed by atoms with Crippen molar-refractivity contribution in [1.29, 1.82) is 0 Å². The summed E-state index contributed by atoms with van der Waals surface area (Å²) in [7, 11) is 0. The van der Waals surface area contributed by atoms with Crippen molar-refractivity contribution < 1.29 is 4.79 Å². The molecule has 0 aromatic carbocycles. The molecule has 2 rings (SSSR count). The highest BCUT2D eigenvalue weighted by Crippen LogP contribution is 2.06. The lowest BCUT2D eigenvalue weighted by molar-refractivity contribution is 0.101. The first-order valence-corrected chi connectivity index (χ1v) is 4.55. The second kappa shape index (κ2) is 4.35. The van der Waals surface area contributed by atoms with Gasteiger partial charge < -0.3 is 11.1 Å². The number of pyridine rings is 1. The molecule has 0 bridgehead atoms. The lowest BCUT2D eigenvalue weighted by Gasteiger charge is -2.02. The van der Waals surface area contributed by atoms with Crippen LogP contribution in [0.4, 0.5) is 11.5 Å². The normalized spacial score (nSPS) is 9.75. The van der Waals surface area contributed by atoms with Gasteiger partial charge in [-0.05, 0) is 18.2 Å². The fourth-order valence-corrected chi connectivity index (χ4v) is 1.07. The third-order valence-corrected chi connectivity index (χ3v) is 1.80. The molecule has 80 valence electrons. The van der Waals surface area contributed by atoms with Crippen LogP contribution < -0.4 is 11.1 Å². The molecule has 0 unspecified atom stereocenters. The Hall–Kier alpha value is -2.50. The Labute approximate surface area is 91.6 Å². The zero-order valence-corrected chi connectivity index (χ0v) is 8.29. The predicted molar refractivity (Wildman–Crippen MR) is 58.6 cm³/mol. The fraction of sp³-hybridized carbons (Fsp3) is 0. The molecule has 0 radical (unpaired) electrons. The van der Waals surface area contributed by atoms with Crippen LogP contribution in [0, 0.1) is 0 Å². The number of nitrogens with zero attached hydrogens (tertiary/aromatic N) is 3. The van der Waals surface area contributed by atoms with Gasteiger partial charge in [0.05, 0.1) is 11.9 Å². The van der Waals surface area contributed by atoms with Gasteiger partial charge in [0.1, 0.15) is 5.82 Å². The Morgan fingerprint density at radius 3 is 2.56 bits per heavy atom. The molecule has 3 N–H and O–H groups in total. The van der Waals surface area contributed by atoms with Crippen LogP contribution in [0.1, 0.15) is 10.6 Å². The molecule has 16 heavy (non-hydrogen) atoms. The molecule has 0 aliphatic rings. The summed E-state index contributed by atoms with van der Waals surface area (Å²) in [6, 6.07) is 4.89. The maximum atomic E-state index is 11.6. The molecular weight excluding hydrogens is 206 g/mol.